The Hall–Kier alpha value is -1.42. The van der Waals surface area contributed by atoms with Crippen LogP contribution in [0.2, 0.25) is 0 Å². The molecule has 2 rings (SSSR count). The van der Waals surface area contributed by atoms with Crippen molar-refractivity contribution in [1.29, 1.82) is 0 Å². The van der Waals surface area contributed by atoms with Gasteiger partial charge in [-0.3, -0.25) is 15.2 Å². The van der Waals surface area contributed by atoms with E-state index in [-0.39, 0.29) is 5.91 Å². The van der Waals surface area contributed by atoms with Crippen LogP contribution in [0.4, 0.5) is 0 Å². The highest BCUT2D eigenvalue weighted by molar-refractivity contribution is 5.93. The molecule has 0 saturated heterocycles. The van der Waals surface area contributed by atoms with Crippen LogP contribution in [0.15, 0.2) is 18.3 Å². The minimum Gasteiger partial charge on any atom is -0.290 e. The molecule has 1 heterocycles. The highest BCUT2D eigenvalue weighted by atomic mass is 16.2. The van der Waals surface area contributed by atoms with Crippen LogP contribution in [-0.4, -0.2) is 10.9 Å². The van der Waals surface area contributed by atoms with Gasteiger partial charge < -0.3 is 0 Å². The van der Waals surface area contributed by atoms with Gasteiger partial charge in [0.1, 0.15) is 0 Å². The standard InChI is InChI=1S/C13H19N3O/c1-9-2-4-10(5-3-9)12-8-11(6-7-15-12)13(17)16-14/h6-10H,2-5,14H2,1H3,(H,16,17). The first-order valence-corrected chi connectivity index (χ1v) is 6.17. The zero-order valence-electron chi connectivity index (χ0n) is 10.1. The lowest BCUT2D eigenvalue weighted by molar-refractivity contribution is 0.0953. The minimum atomic E-state index is -0.252. The van der Waals surface area contributed by atoms with E-state index in [4.69, 9.17) is 5.84 Å². The number of amides is 1. The molecule has 92 valence electrons. The Morgan fingerprint density at radius 1 is 1.41 bits per heavy atom. The van der Waals surface area contributed by atoms with E-state index in [0.717, 1.165) is 11.6 Å². The molecule has 0 atom stereocenters. The second-order valence-electron chi connectivity index (χ2n) is 4.90. The van der Waals surface area contributed by atoms with Gasteiger partial charge in [0.2, 0.25) is 0 Å². The van der Waals surface area contributed by atoms with Gasteiger partial charge in [0.25, 0.3) is 5.91 Å². The molecule has 0 spiro atoms. The van der Waals surface area contributed by atoms with E-state index in [0.29, 0.717) is 11.5 Å². The summed E-state index contributed by atoms with van der Waals surface area (Å²) < 4.78 is 0. The number of aromatic nitrogens is 1. The van der Waals surface area contributed by atoms with Crippen LogP contribution in [0.1, 0.15) is 54.6 Å². The van der Waals surface area contributed by atoms with Crippen LogP contribution >= 0.6 is 0 Å². The van der Waals surface area contributed by atoms with Crippen molar-refractivity contribution >= 4 is 5.91 Å². The minimum absolute atomic E-state index is 0.252. The molecule has 0 aliphatic heterocycles. The Morgan fingerprint density at radius 2 is 2.12 bits per heavy atom. The van der Waals surface area contributed by atoms with E-state index in [1.165, 1.54) is 25.7 Å². The molecule has 17 heavy (non-hydrogen) atoms. The molecule has 0 radical (unpaired) electrons. The molecule has 1 fully saturated rings. The Balaban J connectivity index is 2.13. The Kier molecular flexibility index (Phi) is 3.74. The predicted octanol–water partition coefficient (Wildman–Crippen LogP) is 1.98. The number of carbonyl (C=O) groups excluding carboxylic acids is 1. The van der Waals surface area contributed by atoms with Crippen molar-refractivity contribution in [3.8, 4) is 0 Å². The first-order valence-electron chi connectivity index (χ1n) is 6.17. The zero-order valence-corrected chi connectivity index (χ0v) is 10.1. The Bertz CT molecular complexity index is 397. The number of rotatable bonds is 2. The van der Waals surface area contributed by atoms with Crippen molar-refractivity contribution < 1.29 is 4.79 Å². The fourth-order valence-electron chi connectivity index (χ4n) is 2.45. The number of pyridine rings is 1. The van der Waals surface area contributed by atoms with Crippen LogP contribution in [0.3, 0.4) is 0 Å². The first-order chi connectivity index (χ1) is 8.20. The summed E-state index contributed by atoms with van der Waals surface area (Å²) in [5.74, 6) is 6.20. The van der Waals surface area contributed by atoms with E-state index in [9.17, 15) is 4.79 Å². The lowest BCUT2D eigenvalue weighted by Crippen LogP contribution is -2.30. The van der Waals surface area contributed by atoms with Crippen LogP contribution in [0, 0.1) is 5.92 Å². The number of nitrogens with two attached hydrogens (primary N) is 1. The van der Waals surface area contributed by atoms with Gasteiger partial charge in [0.15, 0.2) is 0 Å². The van der Waals surface area contributed by atoms with Crippen molar-refractivity contribution in [2.75, 3.05) is 0 Å². The molecule has 1 aliphatic rings. The van der Waals surface area contributed by atoms with Gasteiger partial charge in [-0.1, -0.05) is 19.8 Å². The lowest BCUT2D eigenvalue weighted by Gasteiger charge is -2.25. The van der Waals surface area contributed by atoms with Gasteiger partial charge in [-0.25, -0.2) is 5.84 Å². The molecule has 1 aromatic heterocycles. The predicted molar refractivity (Wildman–Crippen MR) is 66.3 cm³/mol. The number of hydrogen-bond acceptors (Lipinski definition) is 3. The highest BCUT2D eigenvalue weighted by Gasteiger charge is 2.21. The largest absolute Gasteiger partial charge is 0.290 e. The molecule has 0 aromatic carbocycles. The SMILES string of the molecule is CC1CCC(c2cc(C(=O)NN)ccn2)CC1. The number of nitrogen functional groups attached to an aromatic ring is 1. The lowest BCUT2D eigenvalue weighted by atomic mass is 9.81. The summed E-state index contributed by atoms with van der Waals surface area (Å²) in [6.07, 6.45) is 6.53. The van der Waals surface area contributed by atoms with Gasteiger partial charge in [0, 0.05) is 23.4 Å². The quantitative estimate of drug-likeness (QED) is 0.466. The molecule has 1 aliphatic carbocycles. The Labute approximate surface area is 102 Å². The smallest absolute Gasteiger partial charge is 0.265 e. The van der Waals surface area contributed by atoms with E-state index in [1.54, 1.807) is 12.3 Å². The van der Waals surface area contributed by atoms with Crippen LogP contribution in [0.5, 0.6) is 0 Å². The molecule has 4 nitrogen and oxygen atoms in total. The maximum absolute atomic E-state index is 11.4. The zero-order chi connectivity index (χ0) is 12.3. The molecule has 1 aromatic rings. The summed E-state index contributed by atoms with van der Waals surface area (Å²) in [6, 6.07) is 3.56. The molecule has 1 saturated carbocycles. The van der Waals surface area contributed by atoms with Crippen LogP contribution in [0.25, 0.3) is 0 Å². The maximum atomic E-state index is 11.4. The van der Waals surface area contributed by atoms with E-state index < -0.39 is 0 Å². The maximum Gasteiger partial charge on any atom is 0.265 e. The fraction of sp³-hybridized carbons (Fsp3) is 0.538. The molecular weight excluding hydrogens is 214 g/mol. The first kappa shape index (κ1) is 12.0. The third-order valence-electron chi connectivity index (χ3n) is 3.61. The molecule has 0 bridgehead atoms. The summed E-state index contributed by atoms with van der Waals surface area (Å²) >= 11 is 0. The topological polar surface area (TPSA) is 68.0 Å². The van der Waals surface area contributed by atoms with Crippen LogP contribution in [-0.2, 0) is 0 Å². The summed E-state index contributed by atoms with van der Waals surface area (Å²) in [6.45, 7) is 2.29. The van der Waals surface area contributed by atoms with Gasteiger partial charge in [0.05, 0.1) is 0 Å². The van der Waals surface area contributed by atoms with Crippen molar-refractivity contribution in [3.63, 3.8) is 0 Å². The van der Waals surface area contributed by atoms with Gasteiger partial charge in [-0.2, -0.15) is 0 Å². The average Bonchev–Trinajstić information content (AvgIpc) is 2.39. The number of carbonyl (C=O) groups is 1. The number of nitrogens with one attached hydrogen (secondary N) is 1. The summed E-state index contributed by atoms with van der Waals surface area (Å²) in [7, 11) is 0. The number of hydrazine groups is 1. The van der Waals surface area contributed by atoms with E-state index in [1.807, 2.05) is 6.07 Å². The summed E-state index contributed by atoms with van der Waals surface area (Å²) in [5.41, 5.74) is 3.77. The second-order valence-corrected chi connectivity index (χ2v) is 4.90. The monoisotopic (exact) mass is 233 g/mol. The summed E-state index contributed by atoms with van der Waals surface area (Å²) in [5, 5.41) is 0. The fourth-order valence-corrected chi connectivity index (χ4v) is 2.45. The molecule has 0 unspecified atom stereocenters. The van der Waals surface area contributed by atoms with E-state index in [2.05, 4.69) is 17.3 Å². The van der Waals surface area contributed by atoms with Gasteiger partial charge in [-0.05, 0) is 30.9 Å². The van der Waals surface area contributed by atoms with Crippen molar-refractivity contribution in [2.24, 2.45) is 11.8 Å². The molecule has 1 amide bonds. The van der Waals surface area contributed by atoms with E-state index >= 15 is 0 Å². The number of nitrogens with zero attached hydrogens (tertiary/aromatic N) is 1. The Morgan fingerprint density at radius 3 is 2.76 bits per heavy atom. The van der Waals surface area contributed by atoms with Crippen molar-refractivity contribution in [3.05, 3.63) is 29.6 Å². The van der Waals surface area contributed by atoms with Crippen molar-refractivity contribution in [1.82, 2.24) is 10.4 Å². The molecule has 3 N–H and O–H groups in total. The second kappa shape index (κ2) is 5.27. The highest BCUT2D eigenvalue weighted by Crippen LogP contribution is 2.34. The van der Waals surface area contributed by atoms with Gasteiger partial charge in [-0.15, -0.1) is 0 Å². The molecule has 4 heteroatoms. The van der Waals surface area contributed by atoms with Crippen molar-refractivity contribution in [2.45, 2.75) is 38.5 Å². The summed E-state index contributed by atoms with van der Waals surface area (Å²) in [4.78, 5) is 15.8. The third-order valence-corrected chi connectivity index (χ3v) is 3.61. The normalized spacial score (nSPS) is 24.4. The number of hydrogen-bond donors (Lipinski definition) is 2. The van der Waals surface area contributed by atoms with Gasteiger partial charge >= 0.3 is 0 Å². The third kappa shape index (κ3) is 2.82. The average molecular weight is 233 g/mol. The molecular formula is C13H19N3O. The van der Waals surface area contributed by atoms with Crippen LogP contribution < -0.4 is 11.3 Å².